The van der Waals surface area contributed by atoms with Gasteiger partial charge >= 0.3 is 0 Å². The summed E-state index contributed by atoms with van der Waals surface area (Å²) >= 11 is 4.33. The maximum atomic E-state index is 11.5. The van der Waals surface area contributed by atoms with Crippen molar-refractivity contribution in [2.45, 2.75) is 25.1 Å². The summed E-state index contributed by atoms with van der Waals surface area (Å²) in [6.45, 7) is 3.56. The molecule has 1 atom stereocenters. The third-order valence-corrected chi connectivity index (χ3v) is 3.03. The van der Waals surface area contributed by atoms with Crippen LogP contribution in [0.15, 0.2) is 24.3 Å². The molecule has 1 aromatic rings. The topological polar surface area (TPSA) is 20.3 Å². The number of aryl methyl sites for hydroxylation is 1. The van der Waals surface area contributed by atoms with Crippen LogP contribution in [0.4, 0.5) is 0 Å². The third kappa shape index (κ3) is 2.53. The fourth-order valence-corrected chi connectivity index (χ4v) is 2.17. The first-order chi connectivity index (χ1) is 7.15. The monoisotopic (exact) mass is 221 g/mol. The summed E-state index contributed by atoms with van der Waals surface area (Å²) < 4.78 is 0. The van der Waals surface area contributed by atoms with Crippen molar-refractivity contribution in [2.24, 2.45) is 0 Å². The number of thiol groups is 1. The molecule has 0 aliphatic carbocycles. The Balaban J connectivity index is 2.03. The maximum absolute atomic E-state index is 11.5. The van der Waals surface area contributed by atoms with Crippen LogP contribution >= 0.6 is 12.6 Å². The van der Waals surface area contributed by atoms with Crippen LogP contribution in [-0.2, 0) is 11.3 Å². The lowest BCUT2D eigenvalue weighted by molar-refractivity contribution is -0.128. The standard InChI is InChI=1S/C12H15NOS/c1-9-2-4-10(5-3-9)7-13-8-11(15)6-12(13)14/h2-5,11,15H,6-8H2,1H3. The Morgan fingerprint density at radius 2 is 2.07 bits per heavy atom. The Morgan fingerprint density at radius 3 is 2.60 bits per heavy atom. The second-order valence-corrected chi connectivity index (χ2v) is 4.85. The van der Waals surface area contributed by atoms with Gasteiger partial charge in [0.05, 0.1) is 0 Å². The third-order valence-electron chi connectivity index (χ3n) is 2.69. The van der Waals surface area contributed by atoms with Gasteiger partial charge in [0.15, 0.2) is 0 Å². The molecule has 1 aliphatic heterocycles. The zero-order chi connectivity index (χ0) is 10.8. The molecule has 0 radical (unpaired) electrons. The van der Waals surface area contributed by atoms with Crippen LogP contribution in [0.2, 0.25) is 0 Å². The zero-order valence-corrected chi connectivity index (χ0v) is 9.71. The summed E-state index contributed by atoms with van der Waals surface area (Å²) in [5, 5.41) is 0.211. The molecule has 0 N–H and O–H groups in total. The minimum absolute atomic E-state index is 0.211. The Hall–Kier alpha value is -0.960. The van der Waals surface area contributed by atoms with E-state index in [-0.39, 0.29) is 11.2 Å². The lowest BCUT2D eigenvalue weighted by atomic mass is 10.1. The summed E-state index contributed by atoms with van der Waals surface area (Å²) in [5.74, 6) is 0.218. The molecule has 1 aromatic carbocycles. The second-order valence-electron chi connectivity index (χ2n) is 4.12. The normalized spacial score (nSPS) is 21.1. The molecule has 1 unspecified atom stereocenters. The molecular weight excluding hydrogens is 206 g/mol. The van der Waals surface area contributed by atoms with Crippen molar-refractivity contribution in [3.8, 4) is 0 Å². The molecule has 0 aromatic heterocycles. The van der Waals surface area contributed by atoms with E-state index in [0.717, 1.165) is 13.1 Å². The first kappa shape index (κ1) is 10.6. The number of carbonyl (C=O) groups is 1. The van der Waals surface area contributed by atoms with Gasteiger partial charge in [-0.15, -0.1) is 0 Å². The zero-order valence-electron chi connectivity index (χ0n) is 8.81. The molecule has 80 valence electrons. The highest BCUT2D eigenvalue weighted by atomic mass is 32.1. The van der Waals surface area contributed by atoms with E-state index in [1.54, 1.807) is 0 Å². The number of amides is 1. The van der Waals surface area contributed by atoms with E-state index in [0.29, 0.717) is 6.42 Å². The van der Waals surface area contributed by atoms with E-state index >= 15 is 0 Å². The molecule has 1 fully saturated rings. The first-order valence-electron chi connectivity index (χ1n) is 5.16. The number of hydrogen-bond acceptors (Lipinski definition) is 2. The van der Waals surface area contributed by atoms with Crippen molar-refractivity contribution < 1.29 is 4.79 Å². The van der Waals surface area contributed by atoms with Gasteiger partial charge < -0.3 is 4.90 Å². The van der Waals surface area contributed by atoms with Crippen LogP contribution in [0.25, 0.3) is 0 Å². The predicted molar refractivity (Wildman–Crippen MR) is 64.0 cm³/mol. The minimum Gasteiger partial charge on any atom is -0.337 e. The molecule has 0 spiro atoms. The number of rotatable bonds is 2. The molecular formula is C12H15NOS. The highest BCUT2D eigenvalue weighted by molar-refractivity contribution is 7.81. The lowest BCUT2D eigenvalue weighted by Gasteiger charge is -2.15. The van der Waals surface area contributed by atoms with Crippen molar-refractivity contribution >= 4 is 18.5 Å². The minimum atomic E-state index is 0.211. The number of hydrogen-bond donors (Lipinski definition) is 1. The molecule has 1 heterocycles. The Kier molecular flexibility index (Phi) is 3.00. The van der Waals surface area contributed by atoms with Gasteiger partial charge in [0.2, 0.25) is 5.91 Å². The highest BCUT2D eigenvalue weighted by Gasteiger charge is 2.26. The van der Waals surface area contributed by atoms with Gasteiger partial charge in [-0.2, -0.15) is 12.6 Å². The Morgan fingerprint density at radius 1 is 1.40 bits per heavy atom. The van der Waals surface area contributed by atoms with Crippen LogP contribution < -0.4 is 0 Å². The van der Waals surface area contributed by atoms with Crippen molar-refractivity contribution in [1.29, 1.82) is 0 Å². The molecule has 0 bridgehead atoms. The molecule has 1 aliphatic rings. The summed E-state index contributed by atoms with van der Waals surface area (Å²) in [6.07, 6.45) is 0.578. The molecule has 2 rings (SSSR count). The molecule has 1 amide bonds. The maximum Gasteiger partial charge on any atom is 0.224 e. The molecule has 0 saturated carbocycles. The average Bonchev–Trinajstić information content (AvgIpc) is 2.49. The van der Waals surface area contributed by atoms with Gasteiger partial charge in [-0.25, -0.2) is 0 Å². The van der Waals surface area contributed by atoms with Crippen molar-refractivity contribution in [3.63, 3.8) is 0 Å². The van der Waals surface area contributed by atoms with E-state index in [1.807, 2.05) is 4.90 Å². The molecule has 2 nitrogen and oxygen atoms in total. The van der Waals surface area contributed by atoms with E-state index in [2.05, 4.69) is 43.8 Å². The fraction of sp³-hybridized carbons (Fsp3) is 0.417. The second kappa shape index (κ2) is 4.27. The van der Waals surface area contributed by atoms with Gasteiger partial charge in [0, 0.05) is 24.8 Å². The molecule has 15 heavy (non-hydrogen) atoms. The summed E-state index contributed by atoms with van der Waals surface area (Å²) in [6, 6.07) is 8.31. The van der Waals surface area contributed by atoms with Gasteiger partial charge in [0.1, 0.15) is 0 Å². The van der Waals surface area contributed by atoms with Crippen LogP contribution in [0.1, 0.15) is 17.5 Å². The van der Waals surface area contributed by atoms with Crippen molar-refractivity contribution in [1.82, 2.24) is 4.90 Å². The Bertz CT molecular complexity index is 360. The Labute approximate surface area is 95.7 Å². The predicted octanol–water partition coefficient (Wildman–Crippen LogP) is 2.03. The summed E-state index contributed by atoms with van der Waals surface area (Å²) in [7, 11) is 0. The summed E-state index contributed by atoms with van der Waals surface area (Å²) in [5.41, 5.74) is 2.44. The van der Waals surface area contributed by atoms with E-state index in [9.17, 15) is 4.79 Å². The van der Waals surface area contributed by atoms with Crippen LogP contribution in [0, 0.1) is 6.92 Å². The first-order valence-corrected chi connectivity index (χ1v) is 5.68. The highest BCUT2D eigenvalue weighted by Crippen LogP contribution is 2.18. The quantitative estimate of drug-likeness (QED) is 0.758. The number of carbonyl (C=O) groups excluding carboxylic acids is 1. The van der Waals surface area contributed by atoms with Gasteiger partial charge in [-0.05, 0) is 12.5 Å². The van der Waals surface area contributed by atoms with Crippen molar-refractivity contribution in [2.75, 3.05) is 6.54 Å². The van der Waals surface area contributed by atoms with Gasteiger partial charge in [-0.1, -0.05) is 29.8 Å². The van der Waals surface area contributed by atoms with E-state index in [4.69, 9.17) is 0 Å². The van der Waals surface area contributed by atoms with Gasteiger partial charge in [-0.3, -0.25) is 4.79 Å². The molecule has 3 heteroatoms. The molecule has 1 saturated heterocycles. The smallest absolute Gasteiger partial charge is 0.224 e. The number of nitrogens with zero attached hydrogens (tertiary/aromatic N) is 1. The summed E-state index contributed by atoms with van der Waals surface area (Å²) in [4.78, 5) is 13.4. The van der Waals surface area contributed by atoms with Gasteiger partial charge in [0.25, 0.3) is 0 Å². The van der Waals surface area contributed by atoms with Crippen LogP contribution in [-0.4, -0.2) is 22.6 Å². The van der Waals surface area contributed by atoms with E-state index < -0.39 is 0 Å². The SMILES string of the molecule is Cc1ccc(CN2CC(S)CC2=O)cc1. The lowest BCUT2D eigenvalue weighted by Crippen LogP contribution is -2.24. The average molecular weight is 221 g/mol. The van der Waals surface area contributed by atoms with Crippen molar-refractivity contribution in [3.05, 3.63) is 35.4 Å². The van der Waals surface area contributed by atoms with Crippen LogP contribution in [0.3, 0.4) is 0 Å². The number of likely N-dealkylation sites (tertiary alicyclic amines) is 1. The largest absolute Gasteiger partial charge is 0.337 e. The van der Waals surface area contributed by atoms with E-state index in [1.165, 1.54) is 11.1 Å². The fourth-order valence-electron chi connectivity index (χ4n) is 1.82. The number of benzene rings is 1. The van der Waals surface area contributed by atoms with Crippen LogP contribution in [0.5, 0.6) is 0 Å².